The highest BCUT2D eigenvalue weighted by atomic mass is 79.9. The minimum atomic E-state index is -3.81. The normalized spacial score (nSPS) is 15.3. The van der Waals surface area contributed by atoms with E-state index in [1.807, 2.05) is 18.2 Å². The number of amides is 1. The number of rotatable bonds is 5. The molecule has 8 nitrogen and oxygen atoms in total. The van der Waals surface area contributed by atoms with Gasteiger partial charge in [0.25, 0.3) is 5.91 Å². The summed E-state index contributed by atoms with van der Waals surface area (Å²) >= 11 is 3.39. The maximum absolute atomic E-state index is 13.1. The minimum absolute atomic E-state index is 0.0166. The molecule has 0 bridgehead atoms. The van der Waals surface area contributed by atoms with Crippen molar-refractivity contribution in [3.63, 3.8) is 0 Å². The van der Waals surface area contributed by atoms with Gasteiger partial charge in [-0.2, -0.15) is 4.31 Å². The Morgan fingerprint density at radius 1 is 1.17 bits per heavy atom. The van der Waals surface area contributed by atoms with Crippen molar-refractivity contribution in [3.8, 4) is 5.75 Å². The quantitative estimate of drug-likeness (QED) is 0.582. The SMILES string of the molecule is COc1ccc(NC(=O)c2cc3cccc(Br)c3o2)cc1S(=O)(=O)N1CCOCC1. The number of nitrogens with zero attached hydrogens (tertiary/aromatic N) is 1. The van der Waals surface area contributed by atoms with Crippen molar-refractivity contribution in [3.05, 3.63) is 52.7 Å². The topological polar surface area (TPSA) is 98.1 Å². The van der Waals surface area contributed by atoms with Gasteiger partial charge in [-0.3, -0.25) is 4.79 Å². The number of para-hydroxylation sites is 1. The first-order valence-corrected chi connectivity index (χ1v) is 11.4. The molecular weight excluding hydrogens is 476 g/mol. The fourth-order valence-electron chi connectivity index (χ4n) is 3.21. The van der Waals surface area contributed by atoms with Crippen LogP contribution in [0.1, 0.15) is 10.6 Å². The molecule has 0 atom stereocenters. The zero-order valence-corrected chi connectivity index (χ0v) is 18.5. The van der Waals surface area contributed by atoms with E-state index in [0.717, 1.165) is 9.86 Å². The van der Waals surface area contributed by atoms with E-state index in [0.29, 0.717) is 24.5 Å². The van der Waals surface area contributed by atoms with E-state index in [9.17, 15) is 13.2 Å². The second-order valence-electron chi connectivity index (χ2n) is 6.61. The molecule has 3 aromatic rings. The Balaban J connectivity index is 1.63. The lowest BCUT2D eigenvalue weighted by Crippen LogP contribution is -2.40. The van der Waals surface area contributed by atoms with Gasteiger partial charge >= 0.3 is 0 Å². The van der Waals surface area contributed by atoms with Gasteiger partial charge in [0.1, 0.15) is 16.2 Å². The van der Waals surface area contributed by atoms with Crippen LogP contribution in [0.2, 0.25) is 0 Å². The maximum Gasteiger partial charge on any atom is 0.291 e. The van der Waals surface area contributed by atoms with Gasteiger partial charge < -0.3 is 19.2 Å². The van der Waals surface area contributed by atoms with Crippen molar-refractivity contribution in [1.29, 1.82) is 0 Å². The summed E-state index contributed by atoms with van der Waals surface area (Å²) in [5, 5.41) is 3.47. The third-order valence-corrected chi connectivity index (χ3v) is 7.27. The third kappa shape index (κ3) is 3.95. The van der Waals surface area contributed by atoms with Crippen molar-refractivity contribution in [2.45, 2.75) is 4.90 Å². The van der Waals surface area contributed by atoms with Gasteiger partial charge in [0.15, 0.2) is 5.76 Å². The Morgan fingerprint density at radius 3 is 2.63 bits per heavy atom. The number of carbonyl (C=O) groups excluding carboxylic acids is 1. The van der Waals surface area contributed by atoms with Gasteiger partial charge in [0.2, 0.25) is 10.0 Å². The highest BCUT2D eigenvalue weighted by Gasteiger charge is 2.29. The molecule has 1 amide bonds. The molecule has 1 fully saturated rings. The number of hydrogen-bond acceptors (Lipinski definition) is 6. The monoisotopic (exact) mass is 494 g/mol. The van der Waals surface area contributed by atoms with Gasteiger partial charge in [-0.1, -0.05) is 12.1 Å². The molecular formula is C20H19BrN2O6S. The fourth-order valence-corrected chi connectivity index (χ4v) is 5.27. The predicted molar refractivity (Wildman–Crippen MR) is 114 cm³/mol. The summed E-state index contributed by atoms with van der Waals surface area (Å²) in [6.07, 6.45) is 0. The van der Waals surface area contributed by atoms with Gasteiger partial charge in [-0.05, 0) is 46.3 Å². The van der Waals surface area contributed by atoms with E-state index < -0.39 is 15.9 Å². The minimum Gasteiger partial charge on any atom is -0.495 e. The van der Waals surface area contributed by atoms with E-state index >= 15 is 0 Å². The van der Waals surface area contributed by atoms with Crippen LogP contribution in [0.4, 0.5) is 5.69 Å². The largest absolute Gasteiger partial charge is 0.495 e. The van der Waals surface area contributed by atoms with Crippen LogP contribution in [-0.2, 0) is 14.8 Å². The Bertz CT molecular complexity index is 1200. The van der Waals surface area contributed by atoms with Crippen LogP contribution in [0.5, 0.6) is 5.75 Å². The smallest absolute Gasteiger partial charge is 0.291 e. The molecule has 4 rings (SSSR count). The number of ether oxygens (including phenoxy) is 2. The molecule has 2 heterocycles. The average molecular weight is 495 g/mol. The Kier molecular flexibility index (Phi) is 5.83. The number of nitrogens with one attached hydrogen (secondary N) is 1. The van der Waals surface area contributed by atoms with Crippen LogP contribution in [0.25, 0.3) is 11.0 Å². The molecule has 0 radical (unpaired) electrons. The fraction of sp³-hybridized carbons (Fsp3) is 0.250. The summed E-state index contributed by atoms with van der Waals surface area (Å²) in [7, 11) is -2.41. The molecule has 2 aromatic carbocycles. The van der Waals surface area contributed by atoms with Crippen LogP contribution in [0, 0.1) is 0 Å². The Morgan fingerprint density at radius 2 is 1.93 bits per heavy atom. The first kappa shape index (κ1) is 20.9. The Hall–Kier alpha value is -2.40. The van der Waals surface area contributed by atoms with Crippen molar-refractivity contribution < 1.29 is 27.1 Å². The van der Waals surface area contributed by atoms with Crippen molar-refractivity contribution in [1.82, 2.24) is 4.31 Å². The van der Waals surface area contributed by atoms with Gasteiger partial charge in [0.05, 0.1) is 24.8 Å². The first-order valence-electron chi connectivity index (χ1n) is 9.15. The lowest BCUT2D eigenvalue weighted by molar-refractivity contribution is 0.0729. The summed E-state index contributed by atoms with van der Waals surface area (Å²) < 4.78 is 44.4. The zero-order chi connectivity index (χ0) is 21.3. The molecule has 0 unspecified atom stereocenters. The van der Waals surface area contributed by atoms with Gasteiger partial charge in [-0.25, -0.2) is 8.42 Å². The van der Waals surface area contributed by atoms with Crippen LogP contribution >= 0.6 is 15.9 Å². The van der Waals surface area contributed by atoms with Gasteiger partial charge in [0, 0.05) is 24.2 Å². The maximum atomic E-state index is 13.1. The molecule has 0 spiro atoms. The number of halogens is 1. The number of sulfonamides is 1. The van der Waals surface area contributed by atoms with E-state index in [2.05, 4.69) is 21.2 Å². The number of benzene rings is 2. The number of hydrogen-bond donors (Lipinski definition) is 1. The molecule has 1 aromatic heterocycles. The number of carbonyl (C=O) groups is 1. The molecule has 158 valence electrons. The van der Waals surface area contributed by atoms with Crippen LogP contribution in [-0.4, -0.2) is 52.0 Å². The zero-order valence-electron chi connectivity index (χ0n) is 16.1. The summed E-state index contributed by atoms with van der Waals surface area (Å²) in [5.74, 6) is -0.171. The lowest BCUT2D eigenvalue weighted by atomic mass is 10.2. The molecule has 1 aliphatic heterocycles. The van der Waals surface area contributed by atoms with E-state index in [-0.39, 0.29) is 29.5 Å². The first-order chi connectivity index (χ1) is 14.4. The van der Waals surface area contributed by atoms with E-state index in [1.165, 1.54) is 23.5 Å². The molecule has 0 saturated carbocycles. The van der Waals surface area contributed by atoms with E-state index in [1.54, 1.807) is 12.1 Å². The van der Waals surface area contributed by atoms with Crippen molar-refractivity contribution in [2.24, 2.45) is 0 Å². The highest BCUT2D eigenvalue weighted by molar-refractivity contribution is 9.10. The lowest BCUT2D eigenvalue weighted by Gasteiger charge is -2.26. The Labute approximate surface area is 181 Å². The molecule has 1 aliphatic rings. The number of anilines is 1. The molecule has 30 heavy (non-hydrogen) atoms. The molecule has 1 N–H and O–H groups in total. The summed E-state index contributed by atoms with van der Waals surface area (Å²) in [6.45, 7) is 1.19. The summed E-state index contributed by atoms with van der Waals surface area (Å²) in [4.78, 5) is 12.7. The number of fused-ring (bicyclic) bond motifs is 1. The molecule has 10 heteroatoms. The van der Waals surface area contributed by atoms with Crippen LogP contribution < -0.4 is 10.1 Å². The molecule has 1 saturated heterocycles. The third-order valence-electron chi connectivity index (χ3n) is 4.73. The van der Waals surface area contributed by atoms with E-state index in [4.69, 9.17) is 13.9 Å². The number of methoxy groups -OCH3 is 1. The van der Waals surface area contributed by atoms with Crippen molar-refractivity contribution >= 4 is 48.5 Å². The standard InChI is InChI=1S/C20H19BrN2O6S/c1-27-16-6-5-14(12-18(16)30(25,26)23-7-9-28-10-8-23)22-20(24)17-11-13-3-2-4-15(21)19(13)29-17/h2-6,11-12H,7-10H2,1H3,(H,22,24). The van der Waals surface area contributed by atoms with Crippen LogP contribution in [0.3, 0.4) is 0 Å². The number of morpholine rings is 1. The second-order valence-corrected chi connectivity index (χ2v) is 9.37. The number of furan rings is 1. The summed E-state index contributed by atoms with van der Waals surface area (Å²) in [5.41, 5.74) is 0.875. The van der Waals surface area contributed by atoms with Gasteiger partial charge in [-0.15, -0.1) is 0 Å². The highest BCUT2D eigenvalue weighted by Crippen LogP contribution is 2.31. The second kappa shape index (κ2) is 8.38. The van der Waals surface area contributed by atoms with Crippen LogP contribution in [0.15, 0.2) is 56.2 Å². The molecule has 0 aliphatic carbocycles. The van der Waals surface area contributed by atoms with Crippen molar-refractivity contribution in [2.75, 3.05) is 38.7 Å². The average Bonchev–Trinajstić information content (AvgIpc) is 3.20. The summed E-state index contributed by atoms with van der Waals surface area (Å²) in [6, 6.07) is 11.6. The predicted octanol–water partition coefficient (Wildman–Crippen LogP) is 3.48.